The van der Waals surface area contributed by atoms with Crippen molar-refractivity contribution in [1.82, 2.24) is 0 Å². The molecule has 0 bridgehead atoms. The van der Waals surface area contributed by atoms with Gasteiger partial charge < -0.3 is 19.4 Å². The minimum Gasteiger partial charge on any atom is -0.455 e. The van der Waals surface area contributed by atoms with E-state index in [-0.39, 0.29) is 0 Å². The molecular formula is C19H22BNO4. The van der Waals surface area contributed by atoms with Gasteiger partial charge in [0, 0.05) is 0 Å². The highest BCUT2D eigenvalue weighted by atomic mass is 16.7. The fourth-order valence-corrected chi connectivity index (χ4v) is 2.55. The molecule has 3 rings (SSSR count). The van der Waals surface area contributed by atoms with Crippen molar-refractivity contribution in [2.45, 2.75) is 38.9 Å². The molecule has 6 heteroatoms. The van der Waals surface area contributed by atoms with Crippen LogP contribution in [0.3, 0.4) is 0 Å². The minimum absolute atomic E-state index is 0.422. The molecule has 0 aromatic heterocycles. The highest BCUT2D eigenvalue weighted by Gasteiger charge is 2.51. The SMILES string of the molecule is CC1(C)OB(c2ccc(Oc3ccccc3)c(NC=O)c2)OC1(C)C. The van der Waals surface area contributed by atoms with Gasteiger partial charge in [0.2, 0.25) is 6.41 Å². The first kappa shape index (κ1) is 17.5. The number of carbonyl (C=O) groups excluding carboxylic acids is 1. The van der Waals surface area contributed by atoms with Crippen LogP contribution in [0.25, 0.3) is 0 Å². The summed E-state index contributed by atoms with van der Waals surface area (Å²) in [6.45, 7) is 8.02. The second-order valence-electron chi connectivity index (χ2n) is 7.02. The number of hydrogen-bond donors (Lipinski definition) is 1. The monoisotopic (exact) mass is 339 g/mol. The number of amides is 1. The fourth-order valence-electron chi connectivity index (χ4n) is 2.55. The smallest absolute Gasteiger partial charge is 0.455 e. The van der Waals surface area contributed by atoms with Gasteiger partial charge in [-0.1, -0.05) is 24.3 Å². The van der Waals surface area contributed by atoms with Gasteiger partial charge in [-0.25, -0.2) is 0 Å². The van der Waals surface area contributed by atoms with Gasteiger partial charge in [-0.3, -0.25) is 4.79 Å². The molecule has 1 saturated heterocycles. The van der Waals surface area contributed by atoms with E-state index in [9.17, 15) is 4.79 Å². The topological polar surface area (TPSA) is 56.8 Å². The molecule has 0 aliphatic carbocycles. The number of anilines is 1. The van der Waals surface area contributed by atoms with Gasteiger partial charge in [-0.2, -0.15) is 0 Å². The minimum atomic E-state index is -0.497. The summed E-state index contributed by atoms with van der Waals surface area (Å²) in [5.41, 5.74) is 0.541. The van der Waals surface area contributed by atoms with Crippen LogP contribution in [-0.2, 0) is 14.1 Å². The van der Waals surface area contributed by atoms with Crippen LogP contribution in [0.1, 0.15) is 27.7 Å². The summed E-state index contributed by atoms with van der Waals surface area (Å²) in [7, 11) is -0.497. The summed E-state index contributed by atoms with van der Waals surface area (Å²) in [6.07, 6.45) is 0.626. The second kappa shape index (κ2) is 6.54. The highest BCUT2D eigenvalue weighted by molar-refractivity contribution is 6.62. The average molecular weight is 339 g/mol. The van der Waals surface area contributed by atoms with Crippen molar-refractivity contribution < 1.29 is 18.8 Å². The largest absolute Gasteiger partial charge is 0.494 e. The lowest BCUT2D eigenvalue weighted by Crippen LogP contribution is -2.41. The zero-order valence-electron chi connectivity index (χ0n) is 14.9. The van der Waals surface area contributed by atoms with Crippen molar-refractivity contribution >= 4 is 24.7 Å². The molecular weight excluding hydrogens is 317 g/mol. The van der Waals surface area contributed by atoms with E-state index in [0.29, 0.717) is 23.6 Å². The summed E-state index contributed by atoms with van der Waals surface area (Å²) in [5, 5.41) is 2.69. The molecule has 5 nitrogen and oxygen atoms in total. The van der Waals surface area contributed by atoms with Crippen molar-refractivity contribution in [3.05, 3.63) is 48.5 Å². The molecule has 1 aliphatic heterocycles. The predicted octanol–water partition coefficient (Wildman–Crippen LogP) is 3.35. The van der Waals surface area contributed by atoms with Crippen LogP contribution in [0, 0.1) is 0 Å². The fraction of sp³-hybridized carbons (Fsp3) is 0.316. The molecule has 2 aromatic carbocycles. The molecule has 2 aromatic rings. The van der Waals surface area contributed by atoms with Gasteiger partial charge in [0.05, 0.1) is 16.9 Å². The van der Waals surface area contributed by atoms with Crippen LogP contribution in [-0.4, -0.2) is 24.7 Å². The lowest BCUT2D eigenvalue weighted by molar-refractivity contribution is -0.105. The highest BCUT2D eigenvalue weighted by Crippen LogP contribution is 2.37. The maximum absolute atomic E-state index is 11.0. The predicted molar refractivity (Wildman–Crippen MR) is 98.4 cm³/mol. The molecule has 1 N–H and O–H groups in total. The van der Waals surface area contributed by atoms with E-state index in [0.717, 1.165) is 5.46 Å². The molecule has 130 valence electrons. The number of para-hydroxylation sites is 1. The van der Waals surface area contributed by atoms with Gasteiger partial charge in [-0.15, -0.1) is 0 Å². The van der Waals surface area contributed by atoms with E-state index in [2.05, 4.69) is 5.32 Å². The lowest BCUT2D eigenvalue weighted by atomic mass is 9.79. The Morgan fingerprint density at radius 2 is 1.64 bits per heavy atom. The Balaban J connectivity index is 1.88. The normalized spacial score (nSPS) is 18.0. The first-order valence-electron chi connectivity index (χ1n) is 8.25. The van der Waals surface area contributed by atoms with Crippen molar-refractivity contribution in [3.8, 4) is 11.5 Å². The molecule has 1 fully saturated rings. The third kappa shape index (κ3) is 3.55. The number of nitrogens with one attached hydrogen (secondary N) is 1. The first-order chi connectivity index (χ1) is 11.8. The van der Waals surface area contributed by atoms with Crippen LogP contribution < -0.4 is 15.5 Å². The van der Waals surface area contributed by atoms with E-state index in [1.54, 1.807) is 6.07 Å². The summed E-state index contributed by atoms with van der Waals surface area (Å²) < 4.78 is 18.0. The van der Waals surface area contributed by atoms with Gasteiger partial charge >= 0.3 is 7.12 Å². The number of ether oxygens (including phenoxy) is 1. The van der Waals surface area contributed by atoms with E-state index < -0.39 is 18.3 Å². The molecule has 0 atom stereocenters. The summed E-state index contributed by atoms with van der Waals surface area (Å²) in [4.78, 5) is 11.0. The number of carbonyl (C=O) groups is 1. The molecule has 0 spiro atoms. The Labute approximate surface area is 148 Å². The molecule has 1 heterocycles. The van der Waals surface area contributed by atoms with Crippen molar-refractivity contribution in [3.63, 3.8) is 0 Å². The van der Waals surface area contributed by atoms with Gasteiger partial charge in [-0.05, 0) is 57.4 Å². The Morgan fingerprint density at radius 3 is 2.24 bits per heavy atom. The molecule has 1 amide bonds. The number of hydrogen-bond acceptors (Lipinski definition) is 4. The summed E-state index contributed by atoms with van der Waals surface area (Å²) in [5.74, 6) is 1.25. The third-order valence-corrected chi connectivity index (χ3v) is 4.71. The molecule has 0 saturated carbocycles. The Morgan fingerprint density at radius 1 is 1.00 bits per heavy atom. The standard InChI is InChI=1S/C19H22BNO4/c1-18(2)19(3,4)25-20(24-18)14-10-11-17(16(12-14)21-13-22)23-15-8-6-5-7-9-15/h5-13H,1-4H3,(H,21,22). The quantitative estimate of drug-likeness (QED) is 0.670. The Kier molecular flexibility index (Phi) is 4.58. The molecule has 1 aliphatic rings. The van der Waals surface area contributed by atoms with Gasteiger partial charge in [0.15, 0.2) is 5.75 Å². The van der Waals surface area contributed by atoms with E-state index >= 15 is 0 Å². The van der Waals surface area contributed by atoms with E-state index in [1.807, 2.05) is 70.2 Å². The first-order valence-corrected chi connectivity index (χ1v) is 8.25. The lowest BCUT2D eigenvalue weighted by Gasteiger charge is -2.32. The van der Waals surface area contributed by atoms with Crippen LogP contribution in [0.2, 0.25) is 0 Å². The Hall–Kier alpha value is -2.31. The third-order valence-electron chi connectivity index (χ3n) is 4.71. The maximum atomic E-state index is 11.0. The van der Waals surface area contributed by atoms with Gasteiger partial charge in [0.1, 0.15) is 5.75 Å². The summed E-state index contributed by atoms with van der Waals surface area (Å²) in [6, 6.07) is 14.9. The van der Waals surface area contributed by atoms with Crippen molar-refractivity contribution in [1.29, 1.82) is 0 Å². The zero-order chi connectivity index (χ0) is 18.1. The zero-order valence-corrected chi connectivity index (χ0v) is 14.9. The number of benzene rings is 2. The molecule has 0 radical (unpaired) electrons. The van der Waals surface area contributed by atoms with Crippen molar-refractivity contribution in [2.24, 2.45) is 0 Å². The second-order valence-corrected chi connectivity index (χ2v) is 7.02. The van der Waals surface area contributed by atoms with Gasteiger partial charge in [0.25, 0.3) is 0 Å². The van der Waals surface area contributed by atoms with Crippen LogP contribution >= 0.6 is 0 Å². The van der Waals surface area contributed by atoms with Crippen molar-refractivity contribution in [2.75, 3.05) is 5.32 Å². The summed E-state index contributed by atoms with van der Waals surface area (Å²) >= 11 is 0. The Bertz CT molecular complexity index is 745. The number of rotatable bonds is 5. The van der Waals surface area contributed by atoms with E-state index in [4.69, 9.17) is 14.0 Å². The molecule has 25 heavy (non-hydrogen) atoms. The average Bonchev–Trinajstić information content (AvgIpc) is 2.78. The maximum Gasteiger partial charge on any atom is 0.494 e. The van der Waals surface area contributed by atoms with E-state index in [1.165, 1.54) is 0 Å². The molecule has 0 unspecified atom stereocenters. The van der Waals surface area contributed by atoms with Crippen LogP contribution in [0.4, 0.5) is 5.69 Å². The van der Waals surface area contributed by atoms with Crippen LogP contribution in [0.15, 0.2) is 48.5 Å². The van der Waals surface area contributed by atoms with Crippen LogP contribution in [0.5, 0.6) is 11.5 Å².